The van der Waals surface area contributed by atoms with Crippen molar-refractivity contribution < 1.29 is 14.7 Å². The SMILES string of the molecule is Cc1cccnc1CNC(=O)N1CCC(C)C1C(=O)O. The number of rotatable bonds is 3. The summed E-state index contributed by atoms with van der Waals surface area (Å²) in [6, 6.07) is 2.68. The molecular formula is C14H19N3O3. The number of likely N-dealkylation sites (tertiary alicyclic amines) is 1. The second-order valence-electron chi connectivity index (χ2n) is 5.17. The van der Waals surface area contributed by atoms with Crippen LogP contribution in [-0.4, -0.2) is 39.6 Å². The predicted molar refractivity (Wildman–Crippen MR) is 73.1 cm³/mol. The molecule has 0 bridgehead atoms. The third kappa shape index (κ3) is 2.89. The number of nitrogens with one attached hydrogen (secondary N) is 1. The van der Waals surface area contributed by atoms with Crippen LogP contribution in [-0.2, 0) is 11.3 Å². The quantitative estimate of drug-likeness (QED) is 0.874. The first-order chi connectivity index (χ1) is 9.50. The minimum absolute atomic E-state index is 0.0187. The molecule has 6 nitrogen and oxygen atoms in total. The third-order valence-electron chi connectivity index (χ3n) is 3.74. The van der Waals surface area contributed by atoms with Crippen molar-refractivity contribution in [2.24, 2.45) is 5.92 Å². The lowest BCUT2D eigenvalue weighted by Crippen LogP contribution is -2.47. The van der Waals surface area contributed by atoms with Gasteiger partial charge in [-0.3, -0.25) is 4.98 Å². The maximum atomic E-state index is 12.1. The second-order valence-corrected chi connectivity index (χ2v) is 5.17. The Bertz CT molecular complexity index is 518. The van der Waals surface area contributed by atoms with Gasteiger partial charge in [-0.2, -0.15) is 0 Å². The molecule has 20 heavy (non-hydrogen) atoms. The standard InChI is InChI=1S/C14H19N3O3/c1-9-4-3-6-15-11(9)8-16-14(20)17-7-5-10(2)12(17)13(18)19/h3-4,6,10,12H,5,7-8H2,1-2H3,(H,16,20)(H,18,19). The van der Waals surface area contributed by atoms with Crippen LogP contribution in [0.5, 0.6) is 0 Å². The van der Waals surface area contributed by atoms with Gasteiger partial charge in [0.05, 0.1) is 12.2 Å². The maximum absolute atomic E-state index is 12.1. The molecule has 2 unspecified atom stereocenters. The van der Waals surface area contributed by atoms with Crippen LogP contribution in [0.15, 0.2) is 18.3 Å². The fourth-order valence-corrected chi connectivity index (χ4v) is 2.52. The highest BCUT2D eigenvalue weighted by molar-refractivity contribution is 5.83. The van der Waals surface area contributed by atoms with E-state index in [0.29, 0.717) is 19.5 Å². The molecule has 1 fully saturated rings. The highest BCUT2D eigenvalue weighted by atomic mass is 16.4. The molecule has 1 aliphatic heterocycles. The van der Waals surface area contributed by atoms with Crippen molar-refractivity contribution in [2.75, 3.05) is 6.54 Å². The van der Waals surface area contributed by atoms with Crippen LogP contribution >= 0.6 is 0 Å². The molecule has 108 valence electrons. The normalized spacial score (nSPS) is 21.8. The molecule has 1 saturated heterocycles. The van der Waals surface area contributed by atoms with Crippen molar-refractivity contribution in [3.05, 3.63) is 29.6 Å². The molecule has 2 amide bonds. The predicted octanol–water partition coefficient (Wildman–Crippen LogP) is 1.39. The molecule has 1 aromatic heterocycles. The Labute approximate surface area is 117 Å². The number of carboxylic acids is 1. The van der Waals surface area contributed by atoms with E-state index in [-0.39, 0.29) is 11.9 Å². The zero-order valence-corrected chi connectivity index (χ0v) is 11.7. The van der Waals surface area contributed by atoms with Crippen LogP contribution in [0.4, 0.5) is 4.79 Å². The molecule has 6 heteroatoms. The fourth-order valence-electron chi connectivity index (χ4n) is 2.52. The lowest BCUT2D eigenvalue weighted by Gasteiger charge is -2.23. The molecule has 2 heterocycles. The highest BCUT2D eigenvalue weighted by Gasteiger charge is 2.39. The van der Waals surface area contributed by atoms with E-state index in [0.717, 1.165) is 11.3 Å². The Hall–Kier alpha value is -2.11. The number of hydrogen-bond donors (Lipinski definition) is 2. The summed E-state index contributed by atoms with van der Waals surface area (Å²) in [5.74, 6) is -0.964. The van der Waals surface area contributed by atoms with Gasteiger partial charge >= 0.3 is 12.0 Å². The monoisotopic (exact) mass is 277 g/mol. The van der Waals surface area contributed by atoms with E-state index in [1.165, 1.54) is 4.90 Å². The van der Waals surface area contributed by atoms with Crippen LogP contribution in [0.3, 0.4) is 0 Å². The molecule has 1 aromatic rings. The lowest BCUT2D eigenvalue weighted by molar-refractivity contribution is -0.142. The number of carbonyl (C=O) groups excluding carboxylic acids is 1. The van der Waals surface area contributed by atoms with Gasteiger partial charge in [-0.25, -0.2) is 9.59 Å². The molecule has 0 saturated carbocycles. The first kappa shape index (κ1) is 14.3. The number of pyridine rings is 1. The van der Waals surface area contributed by atoms with Gasteiger partial charge in [-0.1, -0.05) is 13.0 Å². The number of aryl methyl sites for hydroxylation is 1. The highest BCUT2D eigenvalue weighted by Crippen LogP contribution is 2.24. The van der Waals surface area contributed by atoms with E-state index in [1.807, 2.05) is 26.0 Å². The molecule has 2 rings (SSSR count). The molecule has 0 aromatic carbocycles. The Morgan fingerprint density at radius 3 is 2.95 bits per heavy atom. The Morgan fingerprint density at radius 2 is 2.30 bits per heavy atom. The van der Waals surface area contributed by atoms with Gasteiger partial charge in [0.25, 0.3) is 0 Å². The second kappa shape index (κ2) is 5.90. The van der Waals surface area contributed by atoms with Crippen molar-refractivity contribution in [2.45, 2.75) is 32.9 Å². The summed E-state index contributed by atoms with van der Waals surface area (Å²) in [5.41, 5.74) is 1.79. The minimum atomic E-state index is -0.945. The smallest absolute Gasteiger partial charge is 0.326 e. The third-order valence-corrected chi connectivity index (χ3v) is 3.74. The van der Waals surface area contributed by atoms with Crippen molar-refractivity contribution in [1.29, 1.82) is 0 Å². The van der Waals surface area contributed by atoms with Gasteiger partial charge in [0, 0.05) is 12.7 Å². The van der Waals surface area contributed by atoms with Gasteiger partial charge < -0.3 is 15.3 Å². The van der Waals surface area contributed by atoms with Crippen molar-refractivity contribution in [3.63, 3.8) is 0 Å². The first-order valence-corrected chi connectivity index (χ1v) is 6.68. The summed E-state index contributed by atoms with van der Waals surface area (Å²) in [6.45, 7) is 4.56. The van der Waals surface area contributed by atoms with Crippen molar-refractivity contribution in [1.82, 2.24) is 15.2 Å². The number of hydrogen-bond acceptors (Lipinski definition) is 3. The summed E-state index contributed by atoms with van der Waals surface area (Å²) >= 11 is 0. The first-order valence-electron chi connectivity index (χ1n) is 6.68. The molecule has 0 radical (unpaired) electrons. The zero-order chi connectivity index (χ0) is 14.7. The van der Waals surface area contributed by atoms with Crippen molar-refractivity contribution >= 4 is 12.0 Å². The number of aromatic nitrogens is 1. The van der Waals surface area contributed by atoms with Gasteiger partial charge in [-0.05, 0) is 30.9 Å². The zero-order valence-electron chi connectivity index (χ0n) is 11.7. The summed E-state index contributed by atoms with van der Waals surface area (Å²) in [6.07, 6.45) is 2.39. The molecule has 0 aliphatic carbocycles. The number of carbonyl (C=O) groups is 2. The number of carboxylic acid groups (broad SMARTS) is 1. The summed E-state index contributed by atoms with van der Waals surface area (Å²) in [5, 5.41) is 11.9. The van der Waals surface area contributed by atoms with Crippen LogP contribution in [0, 0.1) is 12.8 Å². The lowest BCUT2D eigenvalue weighted by atomic mass is 10.0. The van der Waals surface area contributed by atoms with Crippen molar-refractivity contribution in [3.8, 4) is 0 Å². The van der Waals surface area contributed by atoms with E-state index >= 15 is 0 Å². The number of nitrogens with zero attached hydrogens (tertiary/aromatic N) is 2. The van der Waals surface area contributed by atoms with E-state index in [4.69, 9.17) is 0 Å². The molecule has 2 atom stereocenters. The van der Waals surface area contributed by atoms with Crippen LogP contribution < -0.4 is 5.32 Å². The van der Waals surface area contributed by atoms with Crippen LogP contribution in [0.1, 0.15) is 24.6 Å². The summed E-state index contributed by atoms with van der Waals surface area (Å²) in [7, 11) is 0. The summed E-state index contributed by atoms with van der Waals surface area (Å²) in [4.78, 5) is 28.9. The number of amides is 2. The minimum Gasteiger partial charge on any atom is -0.480 e. The molecule has 0 spiro atoms. The van der Waals surface area contributed by atoms with Crippen LogP contribution in [0.2, 0.25) is 0 Å². The summed E-state index contributed by atoms with van der Waals surface area (Å²) < 4.78 is 0. The molecule has 1 aliphatic rings. The Kier molecular flexibility index (Phi) is 4.22. The van der Waals surface area contributed by atoms with Crippen LogP contribution in [0.25, 0.3) is 0 Å². The Morgan fingerprint density at radius 1 is 1.55 bits per heavy atom. The molecular weight excluding hydrogens is 258 g/mol. The number of aliphatic carboxylic acids is 1. The average Bonchev–Trinajstić information content (AvgIpc) is 2.79. The van der Waals surface area contributed by atoms with Gasteiger partial charge in [0.2, 0.25) is 0 Å². The molecule has 2 N–H and O–H groups in total. The Balaban J connectivity index is 1.99. The maximum Gasteiger partial charge on any atom is 0.326 e. The topological polar surface area (TPSA) is 82.5 Å². The van der Waals surface area contributed by atoms with E-state index in [2.05, 4.69) is 10.3 Å². The largest absolute Gasteiger partial charge is 0.480 e. The number of urea groups is 1. The van der Waals surface area contributed by atoms with Gasteiger partial charge in [0.15, 0.2) is 0 Å². The average molecular weight is 277 g/mol. The van der Waals surface area contributed by atoms with E-state index < -0.39 is 12.0 Å². The fraction of sp³-hybridized carbons (Fsp3) is 0.500. The van der Waals surface area contributed by atoms with E-state index in [1.54, 1.807) is 6.20 Å². The van der Waals surface area contributed by atoms with E-state index in [9.17, 15) is 14.7 Å². The van der Waals surface area contributed by atoms with Gasteiger partial charge in [0.1, 0.15) is 6.04 Å². The van der Waals surface area contributed by atoms with Gasteiger partial charge in [-0.15, -0.1) is 0 Å².